The minimum absolute atomic E-state index is 0.0598. The fourth-order valence-electron chi connectivity index (χ4n) is 7.21. The van der Waals surface area contributed by atoms with Crippen LogP contribution in [0.25, 0.3) is 0 Å². The molecule has 0 aromatic carbocycles. The zero-order chi connectivity index (χ0) is 19.7. The molecule has 0 aliphatic heterocycles. The summed E-state index contributed by atoms with van der Waals surface area (Å²) in [4.78, 5) is 24.5. The molecule has 0 heterocycles. The summed E-state index contributed by atoms with van der Waals surface area (Å²) in [7, 11) is 1.50. The summed E-state index contributed by atoms with van der Waals surface area (Å²) in [6.07, 6.45) is 13.4. The molecule has 0 radical (unpaired) electrons. The number of Topliss-reactive ketones (excluding diaryl/α,β-unsaturated/α-hetero) is 1. The van der Waals surface area contributed by atoms with E-state index in [-0.39, 0.29) is 16.8 Å². The Kier molecular flexibility index (Phi) is 6.37. The number of carbonyl (C=O) groups is 2. The quantitative estimate of drug-likeness (QED) is 0.407. The molecule has 3 rings (SSSR count). The van der Waals surface area contributed by atoms with Crippen molar-refractivity contribution in [2.75, 3.05) is 7.11 Å². The van der Waals surface area contributed by atoms with Crippen LogP contribution in [0.1, 0.15) is 97.8 Å². The predicted octanol–water partition coefficient (Wildman–Crippen LogP) is 5.95. The van der Waals surface area contributed by atoms with E-state index in [0.717, 1.165) is 31.6 Å². The fraction of sp³-hybridized carbons (Fsp3) is 0.917. The van der Waals surface area contributed by atoms with Gasteiger partial charge in [0.05, 0.1) is 7.11 Å². The van der Waals surface area contributed by atoms with Crippen LogP contribution in [0.3, 0.4) is 0 Å². The van der Waals surface area contributed by atoms with Crippen LogP contribution >= 0.6 is 0 Å². The molecular formula is C24H40O3. The van der Waals surface area contributed by atoms with Crippen molar-refractivity contribution in [3.05, 3.63) is 0 Å². The first-order chi connectivity index (χ1) is 12.8. The van der Waals surface area contributed by atoms with Crippen molar-refractivity contribution >= 4 is 11.8 Å². The number of hydrogen-bond acceptors (Lipinski definition) is 3. The van der Waals surface area contributed by atoms with Gasteiger partial charge in [-0.15, -0.1) is 0 Å². The molecule has 3 aliphatic rings. The minimum Gasteiger partial charge on any atom is -0.469 e. The molecule has 0 N–H and O–H groups in total. The Morgan fingerprint density at radius 1 is 1.19 bits per heavy atom. The number of fused-ring (bicyclic) bond motifs is 3. The normalized spacial score (nSPS) is 41.1. The second-order valence-corrected chi connectivity index (χ2v) is 10.3. The van der Waals surface area contributed by atoms with Gasteiger partial charge in [0.1, 0.15) is 5.78 Å². The first-order valence-corrected chi connectivity index (χ1v) is 11.4. The van der Waals surface area contributed by atoms with Gasteiger partial charge in [-0.05, 0) is 67.6 Å². The van der Waals surface area contributed by atoms with Crippen molar-refractivity contribution in [2.45, 2.75) is 97.8 Å². The Hall–Kier alpha value is -0.860. The van der Waals surface area contributed by atoms with Crippen molar-refractivity contribution in [3.63, 3.8) is 0 Å². The van der Waals surface area contributed by atoms with Crippen LogP contribution in [0.15, 0.2) is 0 Å². The zero-order valence-corrected chi connectivity index (χ0v) is 18.0. The maximum absolute atomic E-state index is 12.7. The average molecular weight is 377 g/mol. The highest BCUT2D eigenvalue weighted by Crippen LogP contribution is 2.63. The smallest absolute Gasteiger partial charge is 0.305 e. The third-order valence-corrected chi connectivity index (χ3v) is 8.75. The monoisotopic (exact) mass is 376 g/mol. The van der Waals surface area contributed by atoms with Crippen LogP contribution < -0.4 is 0 Å². The Labute approximate surface area is 166 Å². The summed E-state index contributed by atoms with van der Waals surface area (Å²) < 4.78 is 4.94. The summed E-state index contributed by atoms with van der Waals surface area (Å²) >= 11 is 0. The summed E-state index contributed by atoms with van der Waals surface area (Å²) in [5.74, 6) is 3.15. The van der Waals surface area contributed by atoms with Crippen LogP contribution in [0.2, 0.25) is 0 Å². The molecular weight excluding hydrogens is 336 g/mol. The van der Waals surface area contributed by atoms with Crippen LogP contribution in [0.5, 0.6) is 0 Å². The second-order valence-electron chi connectivity index (χ2n) is 10.3. The van der Waals surface area contributed by atoms with Crippen LogP contribution in [-0.2, 0) is 14.3 Å². The van der Waals surface area contributed by atoms with Gasteiger partial charge in [0, 0.05) is 18.3 Å². The largest absolute Gasteiger partial charge is 0.469 e. The number of esters is 1. The Bertz CT molecular complexity index is 556. The van der Waals surface area contributed by atoms with Crippen LogP contribution in [0.4, 0.5) is 0 Å². The highest BCUT2D eigenvalue weighted by molar-refractivity contribution is 5.87. The molecule has 3 saturated carbocycles. The lowest BCUT2D eigenvalue weighted by atomic mass is 9.47. The first kappa shape index (κ1) is 20.9. The van der Waals surface area contributed by atoms with Gasteiger partial charge in [0.15, 0.2) is 0 Å². The molecule has 3 fully saturated rings. The van der Waals surface area contributed by atoms with Gasteiger partial charge < -0.3 is 4.74 Å². The second kappa shape index (κ2) is 8.25. The van der Waals surface area contributed by atoms with E-state index >= 15 is 0 Å². The molecule has 3 nitrogen and oxygen atoms in total. The van der Waals surface area contributed by atoms with E-state index in [4.69, 9.17) is 4.74 Å². The molecule has 0 unspecified atom stereocenters. The molecule has 27 heavy (non-hydrogen) atoms. The summed E-state index contributed by atoms with van der Waals surface area (Å²) in [6, 6.07) is 0. The SMILES string of the molecule is CCCCC[C@H]1C[C@@H]2[C@H](CC[C@]3(C)C(=O)CC[C@@H]23)[C@@](C)(CCC(=O)OC)C1. The van der Waals surface area contributed by atoms with E-state index in [1.165, 1.54) is 52.1 Å². The average Bonchev–Trinajstić information content (AvgIpc) is 2.95. The number of hydrogen-bond donors (Lipinski definition) is 0. The number of unbranched alkanes of at least 4 members (excludes halogenated alkanes) is 2. The lowest BCUT2D eigenvalue weighted by Crippen LogP contribution is -2.50. The van der Waals surface area contributed by atoms with E-state index in [0.29, 0.717) is 30.0 Å². The standard InChI is InChI=1S/C24H40O3/c1-5-6-7-8-17-15-18-19(23(2,16-17)13-12-22(26)27-4)11-14-24(3)20(18)9-10-21(24)25/h17-20H,5-16H2,1-4H3/t17-,18+,19-,20-,23-,24-/m0/s1. The Balaban J connectivity index is 1.80. The fourth-order valence-corrected chi connectivity index (χ4v) is 7.21. The van der Waals surface area contributed by atoms with Crippen molar-refractivity contribution in [1.82, 2.24) is 0 Å². The molecule has 154 valence electrons. The summed E-state index contributed by atoms with van der Waals surface area (Å²) in [5, 5.41) is 0. The Morgan fingerprint density at radius 2 is 1.96 bits per heavy atom. The number of methoxy groups -OCH3 is 1. The van der Waals surface area contributed by atoms with E-state index in [2.05, 4.69) is 20.8 Å². The predicted molar refractivity (Wildman–Crippen MR) is 108 cm³/mol. The molecule has 0 aromatic rings. The summed E-state index contributed by atoms with van der Waals surface area (Å²) in [6.45, 7) is 6.98. The van der Waals surface area contributed by atoms with E-state index < -0.39 is 0 Å². The van der Waals surface area contributed by atoms with Gasteiger partial charge in [0.25, 0.3) is 0 Å². The summed E-state index contributed by atoms with van der Waals surface area (Å²) in [5.41, 5.74) is 0.163. The third-order valence-electron chi connectivity index (χ3n) is 8.75. The maximum Gasteiger partial charge on any atom is 0.305 e. The van der Waals surface area contributed by atoms with Crippen molar-refractivity contribution in [1.29, 1.82) is 0 Å². The lowest BCUT2D eigenvalue weighted by molar-refractivity contribution is -0.143. The molecule has 0 bridgehead atoms. The van der Waals surface area contributed by atoms with E-state index in [9.17, 15) is 9.59 Å². The number of ether oxygens (including phenoxy) is 1. The van der Waals surface area contributed by atoms with E-state index in [1.807, 2.05) is 0 Å². The molecule has 0 saturated heterocycles. The van der Waals surface area contributed by atoms with Gasteiger partial charge in [-0.3, -0.25) is 9.59 Å². The highest BCUT2D eigenvalue weighted by atomic mass is 16.5. The number of rotatable bonds is 7. The maximum atomic E-state index is 12.7. The van der Waals surface area contributed by atoms with Gasteiger partial charge in [0.2, 0.25) is 0 Å². The van der Waals surface area contributed by atoms with Crippen LogP contribution in [-0.4, -0.2) is 18.9 Å². The van der Waals surface area contributed by atoms with Gasteiger partial charge in [-0.25, -0.2) is 0 Å². The zero-order valence-electron chi connectivity index (χ0n) is 18.0. The van der Waals surface area contributed by atoms with Crippen molar-refractivity contribution in [3.8, 4) is 0 Å². The minimum atomic E-state index is -0.0717. The van der Waals surface area contributed by atoms with Crippen molar-refractivity contribution in [2.24, 2.45) is 34.5 Å². The topological polar surface area (TPSA) is 43.4 Å². The van der Waals surface area contributed by atoms with Gasteiger partial charge >= 0.3 is 5.97 Å². The molecule has 0 spiro atoms. The third kappa shape index (κ3) is 3.98. The van der Waals surface area contributed by atoms with Crippen molar-refractivity contribution < 1.29 is 14.3 Å². The number of carbonyl (C=O) groups excluding carboxylic acids is 2. The first-order valence-electron chi connectivity index (χ1n) is 11.4. The molecule has 3 heteroatoms. The lowest BCUT2D eigenvalue weighted by Gasteiger charge is -2.57. The van der Waals surface area contributed by atoms with Gasteiger partial charge in [-0.2, -0.15) is 0 Å². The van der Waals surface area contributed by atoms with Gasteiger partial charge in [-0.1, -0.05) is 46.5 Å². The molecule has 6 atom stereocenters. The Morgan fingerprint density at radius 3 is 2.67 bits per heavy atom. The van der Waals surface area contributed by atoms with Crippen LogP contribution in [0, 0.1) is 34.5 Å². The number of ketones is 1. The molecule has 0 amide bonds. The van der Waals surface area contributed by atoms with E-state index in [1.54, 1.807) is 0 Å². The molecule has 0 aromatic heterocycles. The molecule has 3 aliphatic carbocycles. The highest BCUT2D eigenvalue weighted by Gasteiger charge is 2.58.